The first-order valence-corrected chi connectivity index (χ1v) is 10.9. The van der Waals surface area contributed by atoms with E-state index in [4.69, 9.17) is 16.5 Å². The van der Waals surface area contributed by atoms with Crippen molar-refractivity contribution >= 4 is 23.5 Å². The van der Waals surface area contributed by atoms with Crippen LogP contribution in [0.25, 0.3) is 0 Å². The Morgan fingerprint density at radius 2 is 1.89 bits per heavy atom. The molecule has 1 amide bonds. The summed E-state index contributed by atoms with van der Waals surface area (Å²) in [4.78, 5) is 18.3. The van der Waals surface area contributed by atoms with E-state index in [0.29, 0.717) is 30.0 Å². The molecule has 28 heavy (non-hydrogen) atoms. The Bertz CT molecular complexity index is 817. The molecular formula is C22H28N4OS. The molecule has 4 bridgehead atoms. The van der Waals surface area contributed by atoms with Gasteiger partial charge in [0.05, 0.1) is 23.3 Å². The molecule has 0 saturated heterocycles. The summed E-state index contributed by atoms with van der Waals surface area (Å²) in [5.74, 6) is 1.78. The third-order valence-corrected chi connectivity index (χ3v) is 8.39. The zero-order valence-electron chi connectivity index (χ0n) is 16.3. The van der Waals surface area contributed by atoms with Crippen molar-refractivity contribution in [2.24, 2.45) is 39.6 Å². The van der Waals surface area contributed by atoms with Gasteiger partial charge < -0.3 is 11.5 Å². The third kappa shape index (κ3) is 3.30. The number of hydrogen-bond acceptors (Lipinski definition) is 4. The molecule has 148 valence electrons. The Kier molecular flexibility index (Phi) is 4.91. The van der Waals surface area contributed by atoms with Gasteiger partial charge in [0.15, 0.2) is 0 Å². The van der Waals surface area contributed by atoms with Gasteiger partial charge in [0.2, 0.25) is 5.91 Å². The van der Waals surface area contributed by atoms with Gasteiger partial charge in [0.25, 0.3) is 0 Å². The van der Waals surface area contributed by atoms with Crippen molar-refractivity contribution in [1.82, 2.24) is 0 Å². The molecule has 1 aromatic carbocycles. The molecule has 4 aliphatic carbocycles. The van der Waals surface area contributed by atoms with E-state index in [1.807, 2.05) is 37.3 Å². The van der Waals surface area contributed by atoms with Gasteiger partial charge in [0.1, 0.15) is 5.84 Å². The van der Waals surface area contributed by atoms with Crippen molar-refractivity contribution in [2.75, 3.05) is 0 Å². The maximum atomic E-state index is 12.2. The number of rotatable bonds is 6. The quantitative estimate of drug-likeness (QED) is 0.436. The number of carbonyl (C=O) groups excluding carboxylic acids is 1. The third-order valence-electron chi connectivity index (χ3n) is 7.08. The summed E-state index contributed by atoms with van der Waals surface area (Å²) in [5.41, 5.74) is 12.0. The number of aliphatic imine (C=N–C) groups is 1. The molecule has 5 nitrogen and oxygen atoms in total. The van der Waals surface area contributed by atoms with E-state index in [9.17, 15) is 10.1 Å². The Morgan fingerprint density at radius 1 is 1.25 bits per heavy atom. The molecule has 1 aromatic rings. The number of benzene rings is 1. The van der Waals surface area contributed by atoms with E-state index in [2.05, 4.69) is 6.07 Å². The van der Waals surface area contributed by atoms with E-state index < -0.39 is 4.75 Å². The monoisotopic (exact) mass is 396 g/mol. The maximum Gasteiger partial charge on any atom is 0.223 e. The molecule has 0 spiro atoms. The SMILES string of the molecule is CC(CC#N)(Sc1ccccc1)C(N)=NC1C2CC3CC1CC(C(N)=O)(C3)C2. The highest BCUT2D eigenvalue weighted by Crippen LogP contribution is 2.60. The Hall–Kier alpha value is -2.00. The van der Waals surface area contributed by atoms with Crippen LogP contribution < -0.4 is 11.5 Å². The van der Waals surface area contributed by atoms with Crippen molar-refractivity contribution < 1.29 is 4.79 Å². The number of amidine groups is 1. The summed E-state index contributed by atoms with van der Waals surface area (Å²) in [5, 5.41) is 9.41. The van der Waals surface area contributed by atoms with Gasteiger partial charge in [-0.25, -0.2) is 0 Å². The second kappa shape index (κ2) is 7.11. The minimum Gasteiger partial charge on any atom is -0.386 e. The predicted molar refractivity (Wildman–Crippen MR) is 112 cm³/mol. The highest BCUT2D eigenvalue weighted by atomic mass is 32.2. The molecule has 4 aliphatic rings. The molecule has 4 fully saturated rings. The Balaban J connectivity index is 1.59. The first-order chi connectivity index (χ1) is 13.3. The van der Waals surface area contributed by atoms with Crippen LogP contribution in [-0.4, -0.2) is 22.5 Å². The minimum atomic E-state index is -0.563. The van der Waals surface area contributed by atoms with Crippen molar-refractivity contribution in [3.05, 3.63) is 30.3 Å². The van der Waals surface area contributed by atoms with Crippen LogP contribution >= 0.6 is 11.8 Å². The van der Waals surface area contributed by atoms with Gasteiger partial charge in [0, 0.05) is 10.3 Å². The second-order valence-electron chi connectivity index (χ2n) is 9.10. The molecule has 3 unspecified atom stereocenters. The first-order valence-electron chi connectivity index (χ1n) is 10.1. The largest absolute Gasteiger partial charge is 0.386 e. The van der Waals surface area contributed by atoms with E-state index in [1.54, 1.807) is 11.8 Å². The fourth-order valence-corrected chi connectivity index (χ4v) is 6.99. The molecule has 3 atom stereocenters. The van der Waals surface area contributed by atoms with Crippen LogP contribution in [-0.2, 0) is 4.79 Å². The number of nitrogens with two attached hydrogens (primary N) is 2. The van der Waals surface area contributed by atoms with Crippen LogP contribution in [0.4, 0.5) is 0 Å². The summed E-state index contributed by atoms with van der Waals surface area (Å²) in [6, 6.07) is 12.5. The topological polar surface area (TPSA) is 105 Å². The first kappa shape index (κ1) is 19.3. The average molecular weight is 397 g/mol. The molecule has 0 aliphatic heterocycles. The van der Waals surface area contributed by atoms with Gasteiger partial charge >= 0.3 is 0 Å². The van der Waals surface area contributed by atoms with Crippen molar-refractivity contribution in [3.8, 4) is 6.07 Å². The molecule has 4 saturated carbocycles. The van der Waals surface area contributed by atoms with Crippen molar-refractivity contribution in [1.29, 1.82) is 5.26 Å². The summed E-state index contributed by atoms with van der Waals surface area (Å²) in [6.07, 6.45) is 5.19. The highest BCUT2D eigenvalue weighted by Gasteiger charge is 2.58. The lowest BCUT2D eigenvalue weighted by Crippen LogP contribution is -2.57. The smallest absolute Gasteiger partial charge is 0.223 e. The number of thioether (sulfide) groups is 1. The highest BCUT2D eigenvalue weighted by molar-refractivity contribution is 8.01. The van der Waals surface area contributed by atoms with Gasteiger partial charge in [-0.1, -0.05) is 18.2 Å². The summed E-state index contributed by atoms with van der Waals surface area (Å²) >= 11 is 1.60. The fourth-order valence-electron chi connectivity index (χ4n) is 5.89. The second-order valence-corrected chi connectivity index (χ2v) is 10.7. The standard InChI is InChI=1S/C22H28N4OS/c1-21(7-8-23,28-17-5-3-2-4-6-17)19(24)26-18-15-9-14-10-16(18)13-22(11-14,12-15)20(25)27/h2-6,14-16,18H,7,9-13H2,1H3,(H2,24,26)(H2,25,27). The Morgan fingerprint density at radius 3 is 2.46 bits per heavy atom. The molecule has 0 heterocycles. The van der Waals surface area contributed by atoms with E-state index in [0.717, 1.165) is 37.0 Å². The molecule has 0 aromatic heterocycles. The van der Waals surface area contributed by atoms with Crippen LogP contribution in [0.5, 0.6) is 0 Å². The fraction of sp³-hybridized carbons (Fsp3) is 0.591. The van der Waals surface area contributed by atoms with Crippen LogP contribution in [0.15, 0.2) is 40.2 Å². The zero-order valence-corrected chi connectivity index (χ0v) is 17.1. The van der Waals surface area contributed by atoms with Crippen LogP contribution in [0.2, 0.25) is 0 Å². The van der Waals surface area contributed by atoms with Crippen molar-refractivity contribution in [3.63, 3.8) is 0 Å². The lowest BCUT2D eigenvalue weighted by molar-refractivity contribution is -0.144. The van der Waals surface area contributed by atoms with E-state index in [1.165, 1.54) is 0 Å². The number of nitriles is 1. The number of nitrogens with zero attached hydrogens (tertiary/aromatic N) is 2. The predicted octanol–water partition coefficient (Wildman–Crippen LogP) is 3.49. The summed E-state index contributed by atoms with van der Waals surface area (Å²) in [7, 11) is 0. The molecule has 6 heteroatoms. The van der Waals surface area contributed by atoms with Gasteiger partial charge in [-0.15, -0.1) is 11.8 Å². The van der Waals surface area contributed by atoms with E-state index in [-0.39, 0.29) is 17.4 Å². The van der Waals surface area contributed by atoms with Crippen LogP contribution in [0.3, 0.4) is 0 Å². The number of carbonyl (C=O) groups is 1. The lowest BCUT2D eigenvalue weighted by Gasteiger charge is -2.57. The number of amides is 1. The molecule has 5 rings (SSSR count). The van der Waals surface area contributed by atoms with Crippen LogP contribution in [0.1, 0.15) is 45.4 Å². The summed E-state index contributed by atoms with van der Waals surface area (Å²) < 4.78 is -0.563. The Labute approximate surface area is 171 Å². The van der Waals surface area contributed by atoms with Gasteiger partial charge in [-0.05, 0) is 68.9 Å². The van der Waals surface area contributed by atoms with Gasteiger partial charge in [-0.3, -0.25) is 9.79 Å². The zero-order chi connectivity index (χ0) is 19.9. The van der Waals surface area contributed by atoms with Crippen LogP contribution in [0, 0.1) is 34.5 Å². The minimum absolute atomic E-state index is 0.128. The summed E-state index contributed by atoms with van der Waals surface area (Å²) in [6.45, 7) is 2.01. The lowest BCUT2D eigenvalue weighted by atomic mass is 9.48. The van der Waals surface area contributed by atoms with E-state index >= 15 is 0 Å². The maximum absolute atomic E-state index is 12.2. The average Bonchev–Trinajstić information content (AvgIpc) is 2.65. The van der Waals surface area contributed by atoms with Gasteiger partial charge in [-0.2, -0.15) is 5.26 Å². The number of primary amides is 1. The molecule has 4 N–H and O–H groups in total. The van der Waals surface area contributed by atoms with Crippen molar-refractivity contribution in [2.45, 2.75) is 61.1 Å². The number of hydrogen-bond donors (Lipinski definition) is 2. The normalized spacial score (nSPS) is 35.9. The molecule has 0 radical (unpaired) electrons. The molecular weight excluding hydrogens is 368 g/mol.